The van der Waals surface area contributed by atoms with Crippen LogP contribution in [-0.4, -0.2) is 31.4 Å². The minimum atomic E-state index is 0. The van der Waals surface area contributed by atoms with Crippen LogP contribution in [0.5, 0.6) is 0 Å². The van der Waals surface area contributed by atoms with Crippen molar-refractivity contribution in [1.82, 2.24) is 10.2 Å². The summed E-state index contributed by atoms with van der Waals surface area (Å²) >= 11 is 5.05. The molecule has 3 nitrogen and oxygen atoms in total. The molecular weight excluding hydrogens is 312 g/mol. The van der Waals surface area contributed by atoms with Gasteiger partial charge < -0.3 is 10.2 Å². The van der Waals surface area contributed by atoms with E-state index in [-0.39, 0.29) is 18.3 Å². The Labute approximate surface area is 115 Å². The Bertz CT molecular complexity index is 332. The molecule has 16 heavy (non-hydrogen) atoms. The van der Waals surface area contributed by atoms with Crippen LogP contribution in [0.25, 0.3) is 0 Å². The fourth-order valence-corrected chi connectivity index (χ4v) is 2.41. The van der Waals surface area contributed by atoms with Gasteiger partial charge in [-0.1, -0.05) is 0 Å². The van der Waals surface area contributed by atoms with E-state index in [0.29, 0.717) is 13.0 Å². The first-order chi connectivity index (χ1) is 7.13. The van der Waals surface area contributed by atoms with Crippen LogP contribution >= 0.6 is 39.7 Å². The van der Waals surface area contributed by atoms with Crippen LogP contribution < -0.4 is 5.32 Å². The lowest BCUT2D eigenvalue weighted by molar-refractivity contribution is -0.130. The third-order valence-corrected chi connectivity index (χ3v) is 3.61. The summed E-state index contributed by atoms with van der Waals surface area (Å²) in [5.74, 6) is 0.173. The zero-order valence-corrected chi connectivity index (χ0v) is 12.5. The van der Waals surface area contributed by atoms with E-state index in [2.05, 4.69) is 26.6 Å². The van der Waals surface area contributed by atoms with Gasteiger partial charge in [-0.05, 0) is 40.0 Å². The van der Waals surface area contributed by atoms with Gasteiger partial charge in [0.25, 0.3) is 0 Å². The molecule has 1 N–H and O–H groups in total. The molecule has 0 unspecified atom stereocenters. The Morgan fingerprint density at radius 3 is 2.81 bits per heavy atom. The maximum Gasteiger partial charge on any atom is 0.223 e. The number of thiophene rings is 1. The fraction of sp³-hybridized carbons (Fsp3) is 0.500. The Morgan fingerprint density at radius 1 is 1.62 bits per heavy atom. The molecule has 1 heterocycles. The van der Waals surface area contributed by atoms with Gasteiger partial charge in [0.05, 0.1) is 3.79 Å². The number of amides is 1. The average Bonchev–Trinajstić information content (AvgIpc) is 2.60. The molecule has 1 amide bonds. The van der Waals surface area contributed by atoms with Gasteiger partial charge in [-0.3, -0.25) is 4.79 Å². The molecule has 1 aromatic rings. The number of nitrogens with one attached hydrogen (secondary N) is 1. The first-order valence-corrected chi connectivity index (χ1v) is 6.42. The minimum absolute atomic E-state index is 0. The Hall–Kier alpha value is -0.100. The van der Waals surface area contributed by atoms with Crippen LogP contribution in [0.1, 0.15) is 12.0 Å². The number of hydrogen-bond acceptors (Lipinski definition) is 3. The van der Waals surface area contributed by atoms with Gasteiger partial charge in [-0.15, -0.1) is 23.7 Å². The second-order valence-electron chi connectivity index (χ2n) is 3.36. The van der Waals surface area contributed by atoms with Crippen LogP contribution in [0.2, 0.25) is 0 Å². The molecule has 0 saturated carbocycles. The minimum Gasteiger partial charge on any atom is -0.341 e. The Kier molecular flexibility index (Phi) is 8.01. The molecule has 6 heteroatoms. The highest BCUT2D eigenvalue weighted by molar-refractivity contribution is 9.11. The average molecular weight is 328 g/mol. The zero-order chi connectivity index (χ0) is 11.3. The molecule has 0 bridgehead atoms. The quantitative estimate of drug-likeness (QED) is 0.901. The first kappa shape index (κ1) is 15.9. The molecule has 0 saturated heterocycles. The van der Waals surface area contributed by atoms with E-state index in [9.17, 15) is 4.79 Å². The van der Waals surface area contributed by atoms with Crippen LogP contribution in [0.15, 0.2) is 15.2 Å². The number of carbonyl (C=O) groups excluding carboxylic acids is 1. The molecule has 0 aromatic carbocycles. The van der Waals surface area contributed by atoms with Crippen molar-refractivity contribution in [1.29, 1.82) is 0 Å². The standard InChI is InChI=1S/C10H15BrN2OS.ClH/c1-12-4-3-10(14)13(2)6-8-5-9(11)15-7-8;/h5,7,12H,3-4,6H2,1-2H3;1H. The van der Waals surface area contributed by atoms with Gasteiger partial charge in [0.2, 0.25) is 5.91 Å². The fourth-order valence-electron chi connectivity index (χ4n) is 1.21. The van der Waals surface area contributed by atoms with Gasteiger partial charge >= 0.3 is 0 Å². The highest BCUT2D eigenvalue weighted by Gasteiger charge is 2.09. The summed E-state index contributed by atoms with van der Waals surface area (Å²) < 4.78 is 1.11. The van der Waals surface area contributed by atoms with Crippen LogP contribution in [0.3, 0.4) is 0 Å². The number of nitrogens with zero attached hydrogens (tertiary/aromatic N) is 1. The monoisotopic (exact) mass is 326 g/mol. The molecule has 0 fully saturated rings. The van der Waals surface area contributed by atoms with E-state index in [4.69, 9.17) is 0 Å². The first-order valence-electron chi connectivity index (χ1n) is 4.75. The smallest absolute Gasteiger partial charge is 0.223 e. The third-order valence-electron chi connectivity index (χ3n) is 2.06. The highest BCUT2D eigenvalue weighted by Crippen LogP contribution is 2.21. The van der Waals surface area contributed by atoms with Gasteiger partial charge in [0.1, 0.15) is 0 Å². The zero-order valence-electron chi connectivity index (χ0n) is 9.33. The number of rotatable bonds is 5. The Balaban J connectivity index is 0.00000225. The molecule has 0 aliphatic rings. The van der Waals surface area contributed by atoms with Crippen molar-refractivity contribution in [3.63, 3.8) is 0 Å². The number of hydrogen-bond donors (Lipinski definition) is 1. The van der Waals surface area contributed by atoms with E-state index in [1.54, 1.807) is 16.2 Å². The molecular formula is C10H16BrClN2OS. The molecule has 0 spiro atoms. The molecule has 0 aliphatic heterocycles. The van der Waals surface area contributed by atoms with Crippen molar-refractivity contribution >= 4 is 45.6 Å². The van der Waals surface area contributed by atoms with Crippen molar-refractivity contribution in [3.05, 3.63) is 20.8 Å². The topological polar surface area (TPSA) is 32.3 Å². The second kappa shape index (κ2) is 8.06. The van der Waals surface area contributed by atoms with Gasteiger partial charge in [0, 0.05) is 26.6 Å². The maximum atomic E-state index is 11.6. The van der Waals surface area contributed by atoms with E-state index in [0.717, 1.165) is 10.3 Å². The highest BCUT2D eigenvalue weighted by atomic mass is 79.9. The predicted molar refractivity (Wildman–Crippen MR) is 74.3 cm³/mol. The molecule has 0 atom stereocenters. The number of halogens is 2. The van der Waals surface area contributed by atoms with Crippen LogP contribution in [-0.2, 0) is 11.3 Å². The largest absolute Gasteiger partial charge is 0.341 e. The predicted octanol–water partition coefficient (Wildman–Crippen LogP) is 2.50. The molecule has 1 aromatic heterocycles. The molecule has 0 aliphatic carbocycles. The van der Waals surface area contributed by atoms with E-state index < -0.39 is 0 Å². The lowest BCUT2D eigenvalue weighted by Gasteiger charge is -2.16. The summed E-state index contributed by atoms with van der Waals surface area (Å²) in [7, 11) is 3.69. The van der Waals surface area contributed by atoms with Crippen LogP contribution in [0, 0.1) is 0 Å². The lowest BCUT2D eigenvalue weighted by Crippen LogP contribution is -2.28. The summed E-state index contributed by atoms with van der Waals surface area (Å²) in [4.78, 5) is 13.3. The summed E-state index contributed by atoms with van der Waals surface area (Å²) in [6.07, 6.45) is 0.554. The molecule has 92 valence electrons. The normalized spacial score (nSPS) is 9.69. The van der Waals surface area contributed by atoms with E-state index in [1.807, 2.05) is 20.2 Å². The van der Waals surface area contributed by atoms with Crippen molar-refractivity contribution in [2.45, 2.75) is 13.0 Å². The van der Waals surface area contributed by atoms with Crippen molar-refractivity contribution < 1.29 is 4.79 Å². The van der Waals surface area contributed by atoms with Gasteiger partial charge in [-0.25, -0.2) is 0 Å². The maximum absolute atomic E-state index is 11.6. The summed E-state index contributed by atoms with van der Waals surface area (Å²) in [6.45, 7) is 1.42. The Morgan fingerprint density at radius 2 is 2.31 bits per heavy atom. The summed E-state index contributed by atoms with van der Waals surface area (Å²) in [5, 5.41) is 5.03. The molecule has 1 rings (SSSR count). The SMILES string of the molecule is CNCCC(=O)N(C)Cc1csc(Br)c1.Cl. The second-order valence-corrected chi connectivity index (χ2v) is 5.65. The van der Waals surface area contributed by atoms with Crippen molar-refractivity contribution in [3.8, 4) is 0 Å². The summed E-state index contributed by atoms with van der Waals surface area (Å²) in [6, 6.07) is 2.05. The van der Waals surface area contributed by atoms with E-state index in [1.165, 1.54) is 5.56 Å². The van der Waals surface area contributed by atoms with Crippen molar-refractivity contribution in [2.24, 2.45) is 0 Å². The summed E-state index contributed by atoms with van der Waals surface area (Å²) in [5.41, 5.74) is 1.17. The molecule has 0 radical (unpaired) electrons. The number of carbonyl (C=O) groups is 1. The van der Waals surface area contributed by atoms with Crippen LogP contribution in [0.4, 0.5) is 0 Å². The third kappa shape index (κ3) is 5.30. The van der Waals surface area contributed by atoms with E-state index >= 15 is 0 Å². The van der Waals surface area contributed by atoms with Gasteiger partial charge in [-0.2, -0.15) is 0 Å². The van der Waals surface area contributed by atoms with Gasteiger partial charge in [0.15, 0.2) is 0 Å². The van der Waals surface area contributed by atoms with Crippen molar-refractivity contribution in [2.75, 3.05) is 20.6 Å². The lowest BCUT2D eigenvalue weighted by atomic mass is 10.3.